The molecule has 0 heterocycles. The fourth-order valence-corrected chi connectivity index (χ4v) is 4.28. The molecule has 2 aromatic carbocycles. The highest BCUT2D eigenvalue weighted by Crippen LogP contribution is 2.36. The van der Waals surface area contributed by atoms with Gasteiger partial charge in [-0.25, -0.2) is 13.8 Å². The minimum absolute atomic E-state index is 0.313. The van der Waals surface area contributed by atoms with Crippen molar-refractivity contribution in [2.45, 2.75) is 0 Å². The number of methoxy groups -OCH3 is 1. The van der Waals surface area contributed by atoms with E-state index in [0.29, 0.717) is 38.3 Å². The molecule has 2 rings (SSSR count). The molecule has 1 amide bonds. The Labute approximate surface area is 198 Å². The van der Waals surface area contributed by atoms with Crippen molar-refractivity contribution in [3.63, 3.8) is 0 Å². The molecule has 0 aromatic heterocycles. The van der Waals surface area contributed by atoms with Crippen LogP contribution < -0.4 is 19.2 Å². The smallest absolute Gasteiger partial charge is 0.260 e. The Morgan fingerprint density at radius 1 is 1.29 bits per heavy atom. The standard InChI is InChI=1S/C20H21Br2N3O5S/c1-4-8-30-20-17(22)9-14(10-18(20)29-2)12-23-24-19(26)13-25(31(3,27)28)16-7-5-6-15(21)11-16/h4-7,9-12H,1,8,13H2,2-3H3,(H,24,26)/b23-12-. The molecule has 0 spiro atoms. The number of carbonyl (C=O) groups excluding carboxylic acids is 1. The van der Waals surface area contributed by atoms with Crippen LogP contribution in [0.15, 0.2) is 63.1 Å². The highest BCUT2D eigenvalue weighted by Gasteiger charge is 2.21. The Kier molecular flexibility index (Phi) is 9.08. The van der Waals surface area contributed by atoms with Crippen molar-refractivity contribution in [3.05, 3.63) is 63.6 Å². The first-order valence-electron chi connectivity index (χ1n) is 8.82. The zero-order chi connectivity index (χ0) is 23.0. The van der Waals surface area contributed by atoms with Gasteiger partial charge in [-0.3, -0.25) is 9.10 Å². The van der Waals surface area contributed by atoms with Gasteiger partial charge in [0.1, 0.15) is 13.2 Å². The van der Waals surface area contributed by atoms with Crippen LogP contribution in [-0.2, 0) is 14.8 Å². The number of hydrazone groups is 1. The maximum Gasteiger partial charge on any atom is 0.260 e. The zero-order valence-corrected chi connectivity index (χ0v) is 20.8. The van der Waals surface area contributed by atoms with E-state index in [-0.39, 0.29) is 0 Å². The molecule has 8 nitrogen and oxygen atoms in total. The Morgan fingerprint density at radius 3 is 2.65 bits per heavy atom. The molecular formula is C20H21Br2N3O5S. The minimum atomic E-state index is -3.68. The Bertz CT molecular complexity index is 1090. The summed E-state index contributed by atoms with van der Waals surface area (Å²) in [6.45, 7) is 3.50. The molecule has 0 aliphatic carbocycles. The van der Waals surface area contributed by atoms with E-state index in [1.165, 1.54) is 13.3 Å². The Balaban J connectivity index is 2.12. The Hall–Kier alpha value is -2.37. The average molecular weight is 575 g/mol. The molecule has 0 bridgehead atoms. The van der Waals surface area contributed by atoms with Gasteiger partial charge in [-0.15, -0.1) is 0 Å². The third kappa shape index (κ3) is 7.37. The van der Waals surface area contributed by atoms with E-state index in [2.05, 4.69) is 49.0 Å². The van der Waals surface area contributed by atoms with Crippen LogP contribution in [0.5, 0.6) is 11.5 Å². The van der Waals surface area contributed by atoms with E-state index in [9.17, 15) is 13.2 Å². The number of benzene rings is 2. The van der Waals surface area contributed by atoms with Gasteiger partial charge in [0.2, 0.25) is 10.0 Å². The number of hydrogen-bond acceptors (Lipinski definition) is 6. The molecule has 0 unspecified atom stereocenters. The molecule has 2 aromatic rings. The lowest BCUT2D eigenvalue weighted by molar-refractivity contribution is -0.119. The number of ether oxygens (including phenoxy) is 2. The molecule has 0 aliphatic heterocycles. The van der Waals surface area contributed by atoms with Crippen molar-refractivity contribution in [3.8, 4) is 11.5 Å². The fourth-order valence-electron chi connectivity index (χ4n) is 2.47. The van der Waals surface area contributed by atoms with Crippen LogP contribution in [0.4, 0.5) is 5.69 Å². The van der Waals surface area contributed by atoms with Crippen LogP contribution in [0.1, 0.15) is 5.56 Å². The van der Waals surface area contributed by atoms with Crippen molar-refractivity contribution < 1.29 is 22.7 Å². The van der Waals surface area contributed by atoms with Gasteiger partial charge in [0.25, 0.3) is 5.91 Å². The van der Waals surface area contributed by atoms with Crippen molar-refractivity contribution in [1.82, 2.24) is 5.43 Å². The van der Waals surface area contributed by atoms with Crippen molar-refractivity contribution in [2.24, 2.45) is 5.10 Å². The number of carbonyl (C=O) groups is 1. The van der Waals surface area contributed by atoms with E-state index >= 15 is 0 Å². The summed E-state index contributed by atoms with van der Waals surface area (Å²) in [5, 5.41) is 3.91. The van der Waals surface area contributed by atoms with Gasteiger partial charge in [0.15, 0.2) is 11.5 Å². The van der Waals surface area contributed by atoms with Gasteiger partial charge >= 0.3 is 0 Å². The third-order valence-corrected chi connectivity index (χ3v) is 6.01. The van der Waals surface area contributed by atoms with E-state index < -0.39 is 22.5 Å². The number of hydrogen-bond donors (Lipinski definition) is 1. The number of nitrogens with one attached hydrogen (secondary N) is 1. The first kappa shape index (κ1) is 24.9. The van der Waals surface area contributed by atoms with Crippen LogP contribution >= 0.6 is 31.9 Å². The van der Waals surface area contributed by atoms with Crippen LogP contribution in [0.3, 0.4) is 0 Å². The second-order valence-electron chi connectivity index (χ2n) is 6.18. The molecule has 0 aliphatic rings. The largest absolute Gasteiger partial charge is 0.493 e. The molecule has 166 valence electrons. The van der Waals surface area contributed by atoms with Crippen LogP contribution in [0, 0.1) is 0 Å². The lowest BCUT2D eigenvalue weighted by Gasteiger charge is -2.21. The molecule has 1 N–H and O–H groups in total. The predicted octanol–water partition coefficient (Wildman–Crippen LogP) is 3.70. The van der Waals surface area contributed by atoms with E-state index in [4.69, 9.17) is 9.47 Å². The van der Waals surface area contributed by atoms with Gasteiger partial charge in [-0.1, -0.05) is 34.7 Å². The van der Waals surface area contributed by atoms with Gasteiger partial charge in [-0.05, 0) is 51.8 Å². The van der Waals surface area contributed by atoms with Crippen molar-refractivity contribution in [2.75, 3.05) is 30.8 Å². The molecule has 0 saturated carbocycles. The molecule has 31 heavy (non-hydrogen) atoms. The van der Waals surface area contributed by atoms with E-state index in [1.54, 1.807) is 42.5 Å². The lowest BCUT2D eigenvalue weighted by atomic mass is 10.2. The number of rotatable bonds is 10. The number of anilines is 1. The second-order valence-corrected chi connectivity index (χ2v) is 9.85. The topological polar surface area (TPSA) is 97.3 Å². The maximum atomic E-state index is 12.3. The van der Waals surface area contributed by atoms with E-state index in [0.717, 1.165) is 10.6 Å². The molecule has 0 radical (unpaired) electrons. The average Bonchev–Trinajstić information content (AvgIpc) is 2.70. The highest BCUT2D eigenvalue weighted by molar-refractivity contribution is 9.10. The highest BCUT2D eigenvalue weighted by atomic mass is 79.9. The summed E-state index contributed by atoms with van der Waals surface area (Å²) < 4.78 is 37.5. The second kappa shape index (κ2) is 11.3. The molecular weight excluding hydrogens is 554 g/mol. The van der Waals surface area contributed by atoms with Crippen molar-refractivity contribution in [1.29, 1.82) is 0 Å². The minimum Gasteiger partial charge on any atom is -0.493 e. The third-order valence-electron chi connectivity index (χ3n) is 3.78. The first-order valence-corrected chi connectivity index (χ1v) is 12.3. The SMILES string of the molecule is C=CCOc1c(Br)cc(/C=N\NC(=O)CN(c2cccc(Br)c2)S(C)(=O)=O)cc1OC. The van der Waals surface area contributed by atoms with Gasteiger partial charge < -0.3 is 9.47 Å². The molecule has 0 atom stereocenters. The quantitative estimate of drug-likeness (QED) is 0.265. The van der Waals surface area contributed by atoms with Gasteiger partial charge in [-0.2, -0.15) is 5.10 Å². The molecule has 0 saturated heterocycles. The van der Waals surface area contributed by atoms with Crippen LogP contribution in [-0.4, -0.2) is 47.1 Å². The van der Waals surface area contributed by atoms with Gasteiger partial charge in [0.05, 0.1) is 29.7 Å². The van der Waals surface area contributed by atoms with Crippen LogP contribution in [0.2, 0.25) is 0 Å². The summed E-state index contributed by atoms with van der Waals surface area (Å²) in [4.78, 5) is 12.3. The number of amides is 1. The summed E-state index contributed by atoms with van der Waals surface area (Å²) in [5.41, 5.74) is 3.32. The fraction of sp³-hybridized carbons (Fsp3) is 0.200. The summed E-state index contributed by atoms with van der Waals surface area (Å²) >= 11 is 6.70. The summed E-state index contributed by atoms with van der Waals surface area (Å²) in [6.07, 6.45) is 4.06. The molecule has 0 fully saturated rings. The summed E-state index contributed by atoms with van der Waals surface area (Å²) in [5.74, 6) is 0.391. The normalized spacial score (nSPS) is 11.2. The summed E-state index contributed by atoms with van der Waals surface area (Å²) in [6, 6.07) is 10.1. The Morgan fingerprint density at radius 2 is 2.03 bits per heavy atom. The lowest BCUT2D eigenvalue weighted by Crippen LogP contribution is -2.39. The van der Waals surface area contributed by atoms with Gasteiger partial charge in [0, 0.05) is 4.47 Å². The molecule has 11 heteroatoms. The predicted molar refractivity (Wildman–Crippen MR) is 128 cm³/mol. The maximum absolute atomic E-state index is 12.3. The monoisotopic (exact) mass is 573 g/mol. The summed E-state index contributed by atoms with van der Waals surface area (Å²) in [7, 11) is -2.17. The van der Waals surface area contributed by atoms with E-state index in [1.807, 2.05) is 0 Å². The zero-order valence-electron chi connectivity index (χ0n) is 16.8. The number of nitrogens with zero attached hydrogens (tertiary/aromatic N) is 2. The number of sulfonamides is 1. The number of halogens is 2. The first-order chi connectivity index (χ1) is 14.7. The van der Waals surface area contributed by atoms with Crippen LogP contribution in [0.25, 0.3) is 0 Å². The van der Waals surface area contributed by atoms with Crippen molar-refractivity contribution >= 4 is 59.7 Å².